The quantitative estimate of drug-likeness (QED) is 0.166. The standard InChI is InChI=1S/C27H17ClN4O3/c28-20-13-9-18(10-14-20)17-29-21-15-11-19(12-16-21)26-30-23-6-2-1-5-22(23)27(33)31(26)24-7-3-4-8-25(24)32(34)35/h1-17H. The van der Waals surface area contributed by atoms with Crippen LogP contribution in [0.25, 0.3) is 28.0 Å². The molecule has 0 saturated heterocycles. The Labute approximate surface area is 204 Å². The second-order valence-electron chi connectivity index (χ2n) is 7.70. The highest BCUT2D eigenvalue weighted by Gasteiger charge is 2.21. The molecule has 0 aliphatic heterocycles. The van der Waals surface area contributed by atoms with Gasteiger partial charge in [-0.15, -0.1) is 0 Å². The topological polar surface area (TPSA) is 90.4 Å². The Bertz CT molecular complexity index is 1640. The highest BCUT2D eigenvalue weighted by molar-refractivity contribution is 6.30. The minimum absolute atomic E-state index is 0.153. The maximum atomic E-state index is 13.5. The lowest BCUT2D eigenvalue weighted by molar-refractivity contribution is -0.384. The van der Waals surface area contributed by atoms with Crippen molar-refractivity contribution in [2.24, 2.45) is 4.99 Å². The third-order valence-corrected chi connectivity index (χ3v) is 5.71. The molecular weight excluding hydrogens is 464 g/mol. The summed E-state index contributed by atoms with van der Waals surface area (Å²) in [6.07, 6.45) is 1.73. The van der Waals surface area contributed by atoms with Crippen LogP contribution in [0.3, 0.4) is 0 Å². The Morgan fingerprint density at radius 2 is 1.57 bits per heavy atom. The van der Waals surface area contributed by atoms with Crippen molar-refractivity contribution < 1.29 is 4.92 Å². The number of rotatable bonds is 5. The Hall–Kier alpha value is -4.62. The number of nitro groups is 1. The van der Waals surface area contributed by atoms with Gasteiger partial charge in [-0.2, -0.15) is 0 Å². The summed E-state index contributed by atoms with van der Waals surface area (Å²) in [5.74, 6) is 0.302. The van der Waals surface area contributed by atoms with Gasteiger partial charge in [-0.1, -0.05) is 48.0 Å². The van der Waals surface area contributed by atoms with Crippen LogP contribution >= 0.6 is 11.6 Å². The molecule has 0 unspecified atom stereocenters. The van der Waals surface area contributed by atoms with Gasteiger partial charge in [-0.05, 0) is 60.2 Å². The van der Waals surface area contributed by atoms with Crippen molar-refractivity contribution in [2.75, 3.05) is 0 Å². The smallest absolute Gasteiger partial charge is 0.268 e. The van der Waals surface area contributed by atoms with Gasteiger partial charge in [0.2, 0.25) is 0 Å². The van der Waals surface area contributed by atoms with Crippen LogP contribution in [0.15, 0.2) is 107 Å². The molecule has 0 aliphatic carbocycles. The first-order valence-corrected chi connectivity index (χ1v) is 11.0. The Morgan fingerprint density at radius 3 is 2.31 bits per heavy atom. The first-order valence-electron chi connectivity index (χ1n) is 10.7. The van der Waals surface area contributed by atoms with Gasteiger partial charge in [0, 0.05) is 22.9 Å². The van der Waals surface area contributed by atoms with Crippen LogP contribution in [-0.4, -0.2) is 20.7 Å². The fraction of sp³-hybridized carbons (Fsp3) is 0. The molecule has 0 atom stereocenters. The van der Waals surface area contributed by atoms with E-state index in [-0.39, 0.29) is 16.9 Å². The van der Waals surface area contributed by atoms with E-state index in [0.29, 0.717) is 33.0 Å². The second-order valence-corrected chi connectivity index (χ2v) is 8.13. The summed E-state index contributed by atoms with van der Waals surface area (Å²) in [6, 6.07) is 27.6. The highest BCUT2D eigenvalue weighted by atomic mass is 35.5. The van der Waals surface area contributed by atoms with Crippen molar-refractivity contribution in [2.45, 2.75) is 0 Å². The third kappa shape index (κ3) is 4.45. The Kier molecular flexibility index (Phi) is 5.91. The maximum absolute atomic E-state index is 13.5. The van der Waals surface area contributed by atoms with Crippen molar-refractivity contribution in [3.8, 4) is 17.1 Å². The number of fused-ring (bicyclic) bond motifs is 1. The lowest BCUT2D eigenvalue weighted by atomic mass is 10.1. The molecule has 0 saturated carbocycles. The zero-order valence-electron chi connectivity index (χ0n) is 18.2. The molecule has 0 fully saturated rings. The fourth-order valence-electron chi connectivity index (χ4n) is 3.75. The molecule has 0 N–H and O–H groups in total. The Morgan fingerprint density at radius 1 is 0.886 bits per heavy atom. The molecule has 7 nitrogen and oxygen atoms in total. The van der Waals surface area contributed by atoms with Crippen LogP contribution in [-0.2, 0) is 0 Å². The monoisotopic (exact) mass is 480 g/mol. The molecular formula is C27H17ClN4O3. The highest BCUT2D eigenvalue weighted by Crippen LogP contribution is 2.28. The fourth-order valence-corrected chi connectivity index (χ4v) is 3.88. The molecule has 4 aromatic carbocycles. The van der Waals surface area contributed by atoms with Gasteiger partial charge in [0.05, 0.1) is 21.5 Å². The first-order chi connectivity index (χ1) is 17.0. The van der Waals surface area contributed by atoms with Crippen LogP contribution in [0.2, 0.25) is 5.02 Å². The van der Waals surface area contributed by atoms with E-state index < -0.39 is 4.92 Å². The predicted octanol–water partition coefficient (Wildman–Crippen LogP) is 6.36. The lowest BCUT2D eigenvalue weighted by Gasteiger charge is -2.14. The normalized spacial score (nSPS) is 11.2. The number of aliphatic imine (C=N–C) groups is 1. The molecule has 0 amide bonds. The SMILES string of the molecule is O=c1c2ccccc2nc(-c2ccc(N=Cc3ccc(Cl)cc3)cc2)n1-c1ccccc1[N+](=O)[O-]. The minimum Gasteiger partial charge on any atom is -0.268 e. The van der Waals surface area contributed by atoms with E-state index in [1.807, 2.05) is 12.1 Å². The van der Waals surface area contributed by atoms with Gasteiger partial charge in [0.15, 0.2) is 0 Å². The van der Waals surface area contributed by atoms with Crippen molar-refractivity contribution >= 4 is 40.1 Å². The van der Waals surface area contributed by atoms with E-state index in [1.165, 1.54) is 10.6 Å². The number of benzene rings is 4. The summed E-state index contributed by atoms with van der Waals surface area (Å²) >= 11 is 5.92. The van der Waals surface area contributed by atoms with Crippen molar-refractivity contribution in [3.05, 3.63) is 128 Å². The summed E-state index contributed by atoms with van der Waals surface area (Å²) < 4.78 is 1.30. The van der Waals surface area contributed by atoms with Crippen LogP contribution in [0, 0.1) is 10.1 Å². The summed E-state index contributed by atoms with van der Waals surface area (Å²) in [7, 11) is 0. The Balaban J connectivity index is 1.64. The lowest BCUT2D eigenvalue weighted by Crippen LogP contribution is -2.22. The van der Waals surface area contributed by atoms with E-state index in [4.69, 9.17) is 16.6 Å². The van der Waals surface area contributed by atoms with Crippen molar-refractivity contribution in [1.82, 2.24) is 9.55 Å². The summed E-state index contributed by atoms with van der Waals surface area (Å²) in [5, 5.41) is 12.7. The van der Waals surface area contributed by atoms with Crippen molar-refractivity contribution in [1.29, 1.82) is 0 Å². The zero-order valence-corrected chi connectivity index (χ0v) is 19.0. The molecule has 0 spiro atoms. The molecule has 170 valence electrons. The number of nitrogens with zero attached hydrogens (tertiary/aromatic N) is 4. The van der Waals surface area contributed by atoms with E-state index in [2.05, 4.69) is 4.99 Å². The molecule has 5 rings (SSSR count). The van der Waals surface area contributed by atoms with E-state index >= 15 is 0 Å². The second kappa shape index (κ2) is 9.32. The maximum Gasteiger partial charge on any atom is 0.293 e. The summed E-state index contributed by atoms with van der Waals surface area (Å²) in [4.78, 5) is 33.9. The third-order valence-electron chi connectivity index (χ3n) is 5.45. The van der Waals surface area contributed by atoms with Gasteiger partial charge in [-0.3, -0.25) is 24.5 Å². The number of hydrogen-bond acceptors (Lipinski definition) is 5. The molecule has 35 heavy (non-hydrogen) atoms. The van der Waals surface area contributed by atoms with Gasteiger partial charge < -0.3 is 0 Å². The average molecular weight is 481 g/mol. The summed E-state index contributed by atoms with van der Waals surface area (Å²) in [5.41, 5.74) is 2.31. The number of hydrogen-bond donors (Lipinski definition) is 0. The predicted molar refractivity (Wildman–Crippen MR) is 138 cm³/mol. The van der Waals surface area contributed by atoms with Crippen molar-refractivity contribution in [3.63, 3.8) is 0 Å². The number of para-hydroxylation sites is 3. The van der Waals surface area contributed by atoms with Gasteiger partial charge >= 0.3 is 0 Å². The number of halogens is 1. The molecule has 8 heteroatoms. The van der Waals surface area contributed by atoms with E-state index in [0.717, 1.165) is 5.56 Å². The molecule has 1 aromatic heterocycles. The molecule has 5 aromatic rings. The van der Waals surface area contributed by atoms with Gasteiger partial charge in [0.1, 0.15) is 11.5 Å². The van der Waals surface area contributed by atoms with Crippen LogP contribution in [0.4, 0.5) is 11.4 Å². The van der Waals surface area contributed by atoms with Crippen LogP contribution < -0.4 is 5.56 Å². The molecule has 0 aliphatic rings. The average Bonchev–Trinajstić information content (AvgIpc) is 2.89. The molecule has 0 radical (unpaired) electrons. The molecule has 1 heterocycles. The number of nitro benzene ring substituents is 1. The largest absolute Gasteiger partial charge is 0.293 e. The van der Waals surface area contributed by atoms with E-state index in [1.54, 1.807) is 85.1 Å². The van der Waals surface area contributed by atoms with Crippen LogP contribution in [0.5, 0.6) is 0 Å². The van der Waals surface area contributed by atoms with E-state index in [9.17, 15) is 14.9 Å². The first kappa shape index (κ1) is 22.2. The van der Waals surface area contributed by atoms with Gasteiger partial charge in [-0.25, -0.2) is 4.98 Å². The van der Waals surface area contributed by atoms with Gasteiger partial charge in [0.25, 0.3) is 11.2 Å². The van der Waals surface area contributed by atoms with Crippen LogP contribution in [0.1, 0.15) is 5.56 Å². The zero-order chi connectivity index (χ0) is 24.4. The molecule has 0 bridgehead atoms. The minimum atomic E-state index is -0.505. The summed E-state index contributed by atoms with van der Waals surface area (Å²) in [6.45, 7) is 0. The number of aromatic nitrogens is 2.